The Morgan fingerprint density at radius 1 is 1.06 bits per heavy atom. The van der Waals surface area contributed by atoms with Crippen molar-refractivity contribution in [2.45, 2.75) is 13.2 Å². The Hall–Kier alpha value is -1.52. The van der Waals surface area contributed by atoms with Gasteiger partial charge in [-0.15, -0.1) is 0 Å². The van der Waals surface area contributed by atoms with Gasteiger partial charge in [-0.05, 0) is 51.3 Å². The molecule has 0 aliphatic carbocycles. The van der Waals surface area contributed by atoms with Gasteiger partial charge >= 0.3 is 0 Å². The van der Waals surface area contributed by atoms with Crippen LogP contribution in [-0.2, 0) is 13.2 Å². The maximum atomic E-state index is 9.40. The minimum atomic E-state index is 0.0419. The molecule has 0 aliphatic rings. The van der Waals surface area contributed by atoms with Crippen LogP contribution in [0.2, 0.25) is 0 Å². The van der Waals surface area contributed by atoms with Crippen molar-refractivity contribution >= 4 is 21.6 Å². The highest BCUT2D eigenvalue weighted by molar-refractivity contribution is 9.10. The number of aliphatic hydroxyl groups excluding tert-OH is 1. The summed E-state index contributed by atoms with van der Waals surface area (Å²) in [4.78, 5) is 0. The molecule has 2 aromatic rings. The molecule has 2 aromatic carbocycles. The number of benzene rings is 2. The topological polar surface area (TPSA) is 52.5 Å². The average molecular weight is 308 g/mol. The summed E-state index contributed by atoms with van der Waals surface area (Å²) in [5, 5.41) is 21.7. The quantitative estimate of drug-likeness (QED) is 0.812. The second-order valence-corrected chi connectivity index (χ2v) is 4.85. The number of nitrogens with one attached hydrogen (secondary N) is 1. The van der Waals surface area contributed by atoms with Crippen LogP contribution in [-0.4, -0.2) is 10.2 Å². The lowest BCUT2D eigenvalue weighted by Gasteiger charge is -2.08. The SMILES string of the molecule is OCc1cccc(NCc2ccc(O)c(Br)c2)c1. The summed E-state index contributed by atoms with van der Waals surface area (Å²) in [5.74, 6) is 0.237. The maximum absolute atomic E-state index is 9.40. The lowest BCUT2D eigenvalue weighted by Crippen LogP contribution is -1.99. The summed E-state index contributed by atoms with van der Waals surface area (Å²) >= 11 is 3.28. The number of aromatic hydroxyl groups is 1. The first-order valence-corrected chi connectivity index (χ1v) is 6.39. The van der Waals surface area contributed by atoms with Gasteiger partial charge in [-0.2, -0.15) is 0 Å². The summed E-state index contributed by atoms with van der Waals surface area (Å²) in [7, 11) is 0. The summed E-state index contributed by atoms with van der Waals surface area (Å²) < 4.78 is 0.686. The number of phenolic OH excluding ortho intramolecular Hbond substituents is 1. The highest BCUT2D eigenvalue weighted by atomic mass is 79.9. The zero-order valence-electron chi connectivity index (χ0n) is 9.73. The molecule has 0 amide bonds. The molecule has 0 bridgehead atoms. The number of aliphatic hydroxyl groups is 1. The van der Waals surface area contributed by atoms with Crippen LogP contribution in [0.4, 0.5) is 5.69 Å². The first-order valence-electron chi connectivity index (χ1n) is 5.60. The van der Waals surface area contributed by atoms with E-state index in [1.165, 1.54) is 0 Å². The number of phenols is 1. The number of rotatable bonds is 4. The van der Waals surface area contributed by atoms with Crippen LogP contribution in [0.15, 0.2) is 46.9 Å². The minimum absolute atomic E-state index is 0.0419. The van der Waals surface area contributed by atoms with Crippen LogP contribution < -0.4 is 5.32 Å². The highest BCUT2D eigenvalue weighted by Crippen LogP contribution is 2.24. The van der Waals surface area contributed by atoms with Crippen LogP contribution in [0.1, 0.15) is 11.1 Å². The molecule has 0 fully saturated rings. The van der Waals surface area contributed by atoms with Gasteiger partial charge in [0, 0.05) is 12.2 Å². The molecular formula is C14H14BrNO2. The molecular weight excluding hydrogens is 294 g/mol. The fourth-order valence-electron chi connectivity index (χ4n) is 1.64. The first-order chi connectivity index (χ1) is 8.69. The molecule has 2 rings (SSSR count). The van der Waals surface area contributed by atoms with Crippen LogP contribution in [0.3, 0.4) is 0 Å². The smallest absolute Gasteiger partial charge is 0.129 e. The molecule has 4 heteroatoms. The van der Waals surface area contributed by atoms with Gasteiger partial charge < -0.3 is 15.5 Å². The first kappa shape index (κ1) is 12.9. The van der Waals surface area contributed by atoms with Gasteiger partial charge in [0.15, 0.2) is 0 Å². The van der Waals surface area contributed by atoms with E-state index in [1.807, 2.05) is 36.4 Å². The number of hydrogen-bond donors (Lipinski definition) is 3. The third-order valence-electron chi connectivity index (χ3n) is 2.62. The number of halogens is 1. The van der Waals surface area contributed by atoms with Crippen molar-refractivity contribution in [1.82, 2.24) is 0 Å². The van der Waals surface area contributed by atoms with E-state index < -0.39 is 0 Å². The Balaban J connectivity index is 2.04. The summed E-state index contributed by atoms with van der Waals surface area (Å²) in [5.41, 5.74) is 2.91. The zero-order valence-corrected chi connectivity index (χ0v) is 11.3. The van der Waals surface area contributed by atoms with E-state index in [0.717, 1.165) is 16.8 Å². The molecule has 0 saturated heterocycles. The van der Waals surface area contributed by atoms with Gasteiger partial charge in [-0.1, -0.05) is 18.2 Å². The Morgan fingerprint density at radius 3 is 2.61 bits per heavy atom. The molecule has 3 nitrogen and oxygen atoms in total. The van der Waals surface area contributed by atoms with Crippen LogP contribution in [0.25, 0.3) is 0 Å². The van der Waals surface area contributed by atoms with Gasteiger partial charge in [0.1, 0.15) is 5.75 Å². The molecule has 0 saturated carbocycles. The fraction of sp³-hybridized carbons (Fsp3) is 0.143. The standard InChI is InChI=1S/C14H14BrNO2/c15-13-7-10(4-5-14(13)18)8-16-12-3-1-2-11(6-12)9-17/h1-7,16-18H,8-9H2. The average Bonchev–Trinajstić information content (AvgIpc) is 2.40. The molecule has 0 aliphatic heterocycles. The number of hydrogen-bond acceptors (Lipinski definition) is 3. The Morgan fingerprint density at radius 2 is 1.89 bits per heavy atom. The summed E-state index contributed by atoms with van der Waals surface area (Å²) in [6.45, 7) is 0.702. The van der Waals surface area contributed by atoms with Gasteiger partial charge in [0.2, 0.25) is 0 Å². The van der Waals surface area contributed by atoms with Crippen molar-refractivity contribution < 1.29 is 10.2 Å². The molecule has 94 valence electrons. The van der Waals surface area contributed by atoms with Gasteiger partial charge in [-0.25, -0.2) is 0 Å². The largest absolute Gasteiger partial charge is 0.507 e. The molecule has 0 aromatic heterocycles. The van der Waals surface area contributed by atoms with Crippen molar-refractivity contribution in [1.29, 1.82) is 0 Å². The molecule has 0 atom stereocenters. The van der Waals surface area contributed by atoms with Crippen LogP contribution >= 0.6 is 15.9 Å². The molecule has 0 heterocycles. The van der Waals surface area contributed by atoms with Crippen molar-refractivity contribution in [3.8, 4) is 5.75 Å². The number of anilines is 1. The Bertz CT molecular complexity index is 543. The molecule has 0 unspecified atom stereocenters. The van der Waals surface area contributed by atoms with Crippen molar-refractivity contribution in [2.24, 2.45) is 0 Å². The second-order valence-electron chi connectivity index (χ2n) is 4.00. The Kier molecular flexibility index (Phi) is 4.23. The zero-order chi connectivity index (χ0) is 13.0. The van der Waals surface area contributed by atoms with E-state index >= 15 is 0 Å². The predicted molar refractivity (Wildman–Crippen MR) is 75.5 cm³/mol. The molecule has 0 spiro atoms. The van der Waals surface area contributed by atoms with E-state index in [9.17, 15) is 5.11 Å². The van der Waals surface area contributed by atoms with Crippen LogP contribution in [0, 0.1) is 0 Å². The van der Waals surface area contributed by atoms with E-state index in [2.05, 4.69) is 21.2 Å². The minimum Gasteiger partial charge on any atom is -0.507 e. The lowest BCUT2D eigenvalue weighted by atomic mass is 10.2. The maximum Gasteiger partial charge on any atom is 0.129 e. The summed E-state index contributed by atoms with van der Waals surface area (Å²) in [6, 6.07) is 13.0. The van der Waals surface area contributed by atoms with E-state index in [-0.39, 0.29) is 12.4 Å². The normalized spacial score (nSPS) is 10.3. The summed E-state index contributed by atoms with van der Waals surface area (Å²) in [6.07, 6.45) is 0. The van der Waals surface area contributed by atoms with Gasteiger partial charge in [-0.3, -0.25) is 0 Å². The van der Waals surface area contributed by atoms with Gasteiger partial charge in [0.25, 0.3) is 0 Å². The van der Waals surface area contributed by atoms with Crippen molar-refractivity contribution in [3.05, 3.63) is 58.1 Å². The monoisotopic (exact) mass is 307 g/mol. The van der Waals surface area contributed by atoms with Crippen molar-refractivity contribution in [3.63, 3.8) is 0 Å². The third-order valence-corrected chi connectivity index (χ3v) is 3.25. The van der Waals surface area contributed by atoms with E-state index in [1.54, 1.807) is 6.07 Å². The molecule has 3 N–H and O–H groups in total. The lowest BCUT2D eigenvalue weighted by molar-refractivity contribution is 0.282. The molecule has 0 radical (unpaired) electrons. The van der Waals surface area contributed by atoms with Gasteiger partial charge in [0.05, 0.1) is 11.1 Å². The predicted octanol–water partition coefficient (Wildman–Crippen LogP) is 3.26. The highest BCUT2D eigenvalue weighted by Gasteiger charge is 2.00. The second kappa shape index (κ2) is 5.89. The fourth-order valence-corrected chi connectivity index (χ4v) is 2.07. The molecule has 18 heavy (non-hydrogen) atoms. The van der Waals surface area contributed by atoms with E-state index in [4.69, 9.17) is 5.11 Å². The van der Waals surface area contributed by atoms with Crippen LogP contribution in [0.5, 0.6) is 5.75 Å². The third kappa shape index (κ3) is 3.24. The van der Waals surface area contributed by atoms with Crippen molar-refractivity contribution in [2.75, 3.05) is 5.32 Å². The Labute approximate surface area is 114 Å². The van der Waals surface area contributed by atoms with E-state index in [0.29, 0.717) is 11.0 Å².